The van der Waals surface area contributed by atoms with E-state index in [2.05, 4.69) is 86.8 Å². The van der Waals surface area contributed by atoms with Crippen molar-refractivity contribution in [2.45, 2.75) is 25.4 Å². The van der Waals surface area contributed by atoms with Gasteiger partial charge in [-0.3, -0.25) is 0 Å². The summed E-state index contributed by atoms with van der Waals surface area (Å²) in [5.74, 6) is 0.829. The highest BCUT2D eigenvalue weighted by Crippen LogP contribution is 2.37. The highest BCUT2D eigenvalue weighted by Gasteiger charge is 2.29. The maximum atomic E-state index is 4.42. The van der Waals surface area contributed by atoms with Crippen LogP contribution in [0, 0.1) is 6.92 Å². The number of halogens is 1. The van der Waals surface area contributed by atoms with E-state index in [4.69, 9.17) is 0 Å². The molecule has 4 nitrogen and oxygen atoms in total. The van der Waals surface area contributed by atoms with Gasteiger partial charge >= 0.3 is 0 Å². The van der Waals surface area contributed by atoms with Gasteiger partial charge in [0.25, 0.3) is 0 Å². The second-order valence-electron chi connectivity index (χ2n) is 5.94. The Bertz CT molecular complexity index is 825. The number of aryl methyl sites for hydroxylation is 1. The van der Waals surface area contributed by atoms with Crippen LogP contribution in [0.25, 0.3) is 0 Å². The Balaban J connectivity index is 1.73. The SMILES string of the molecule is Cc1cccc([C@H]2C[C@H](c3ccc(Br)cc3)Nc3ncnn32)c1. The topological polar surface area (TPSA) is 42.7 Å². The van der Waals surface area contributed by atoms with Crippen molar-refractivity contribution in [3.05, 3.63) is 76.0 Å². The second kappa shape index (κ2) is 5.81. The molecule has 3 aromatic rings. The van der Waals surface area contributed by atoms with Crippen LogP contribution >= 0.6 is 15.9 Å². The summed E-state index contributed by atoms with van der Waals surface area (Å²) in [6.45, 7) is 2.12. The van der Waals surface area contributed by atoms with E-state index < -0.39 is 0 Å². The first-order valence-corrected chi connectivity index (χ1v) is 8.48. The molecule has 4 rings (SSSR count). The average Bonchev–Trinajstić information content (AvgIpc) is 3.03. The maximum Gasteiger partial charge on any atom is 0.222 e. The van der Waals surface area contributed by atoms with Crippen LogP contribution in [0.15, 0.2) is 59.3 Å². The van der Waals surface area contributed by atoms with E-state index in [-0.39, 0.29) is 12.1 Å². The molecule has 0 fully saturated rings. The van der Waals surface area contributed by atoms with Crippen LogP contribution in [0.2, 0.25) is 0 Å². The fourth-order valence-corrected chi connectivity index (χ4v) is 3.45. The van der Waals surface area contributed by atoms with Crippen molar-refractivity contribution in [2.75, 3.05) is 5.32 Å². The van der Waals surface area contributed by atoms with E-state index >= 15 is 0 Å². The highest BCUT2D eigenvalue weighted by atomic mass is 79.9. The largest absolute Gasteiger partial charge is 0.348 e. The lowest BCUT2D eigenvalue weighted by molar-refractivity contribution is 0.430. The number of nitrogens with zero attached hydrogens (tertiary/aromatic N) is 3. The summed E-state index contributed by atoms with van der Waals surface area (Å²) in [6.07, 6.45) is 2.57. The predicted molar refractivity (Wildman–Crippen MR) is 94.5 cm³/mol. The van der Waals surface area contributed by atoms with Crippen LogP contribution in [0.4, 0.5) is 5.95 Å². The van der Waals surface area contributed by atoms with Crippen molar-refractivity contribution in [2.24, 2.45) is 0 Å². The summed E-state index contributed by atoms with van der Waals surface area (Å²) in [5.41, 5.74) is 3.81. The molecule has 2 aromatic carbocycles. The van der Waals surface area contributed by atoms with E-state index in [1.165, 1.54) is 16.7 Å². The van der Waals surface area contributed by atoms with Gasteiger partial charge in [-0.05, 0) is 36.6 Å². The molecule has 0 aliphatic carbocycles. The number of hydrogen-bond donors (Lipinski definition) is 1. The quantitative estimate of drug-likeness (QED) is 0.724. The van der Waals surface area contributed by atoms with E-state index in [9.17, 15) is 0 Å². The third-order valence-corrected chi connectivity index (χ3v) is 4.86. The number of hydrogen-bond acceptors (Lipinski definition) is 3. The minimum absolute atomic E-state index is 0.197. The first kappa shape index (κ1) is 14.5. The first-order valence-electron chi connectivity index (χ1n) is 7.69. The Hall–Kier alpha value is -2.14. The van der Waals surface area contributed by atoms with Gasteiger partial charge < -0.3 is 5.32 Å². The Morgan fingerprint density at radius 2 is 1.96 bits per heavy atom. The number of aromatic nitrogens is 3. The Morgan fingerprint density at radius 1 is 1.13 bits per heavy atom. The van der Waals surface area contributed by atoms with Crippen molar-refractivity contribution in [3.63, 3.8) is 0 Å². The zero-order valence-corrected chi connectivity index (χ0v) is 14.4. The van der Waals surface area contributed by atoms with Gasteiger partial charge in [-0.2, -0.15) is 10.1 Å². The van der Waals surface area contributed by atoms with Crippen molar-refractivity contribution >= 4 is 21.9 Å². The normalized spacial score (nSPS) is 19.9. The fourth-order valence-electron chi connectivity index (χ4n) is 3.19. The van der Waals surface area contributed by atoms with Gasteiger partial charge in [0.05, 0.1) is 12.1 Å². The van der Waals surface area contributed by atoms with Gasteiger partial charge in [0.15, 0.2) is 0 Å². The van der Waals surface area contributed by atoms with Gasteiger partial charge in [0.2, 0.25) is 5.95 Å². The summed E-state index contributed by atoms with van der Waals surface area (Å²) in [6, 6.07) is 17.5. The van der Waals surface area contributed by atoms with Crippen molar-refractivity contribution in [3.8, 4) is 0 Å². The molecule has 5 heteroatoms. The second-order valence-corrected chi connectivity index (χ2v) is 6.86. The number of benzene rings is 2. The van der Waals surface area contributed by atoms with E-state index in [0.29, 0.717) is 0 Å². The lowest BCUT2D eigenvalue weighted by Gasteiger charge is -2.32. The molecule has 0 bridgehead atoms. The molecule has 0 saturated heterocycles. The van der Waals surface area contributed by atoms with Crippen LogP contribution in [0.5, 0.6) is 0 Å². The summed E-state index contributed by atoms with van der Waals surface area (Å²) in [7, 11) is 0. The van der Waals surface area contributed by atoms with Crippen LogP contribution < -0.4 is 5.32 Å². The van der Waals surface area contributed by atoms with Crippen molar-refractivity contribution < 1.29 is 0 Å². The summed E-state index contributed by atoms with van der Waals surface area (Å²) in [5, 5.41) is 7.92. The molecule has 0 amide bonds. The average molecular weight is 369 g/mol. The monoisotopic (exact) mass is 368 g/mol. The van der Waals surface area contributed by atoms with Gasteiger partial charge in [0.1, 0.15) is 6.33 Å². The molecule has 0 radical (unpaired) electrons. The van der Waals surface area contributed by atoms with Crippen molar-refractivity contribution in [1.82, 2.24) is 14.8 Å². The maximum absolute atomic E-state index is 4.42. The standard InChI is InChI=1S/C18H17BrN4/c1-12-3-2-4-14(9-12)17-10-16(13-5-7-15(19)8-6-13)22-18-20-11-21-23(17)18/h2-9,11,16-17H,10H2,1H3,(H,20,21,22)/t16-,17-/m1/s1. The number of nitrogens with one attached hydrogen (secondary N) is 1. The third kappa shape index (κ3) is 2.77. The molecule has 0 saturated carbocycles. The molecular weight excluding hydrogens is 352 g/mol. The minimum atomic E-state index is 0.197. The highest BCUT2D eigenvalue weighted by molar-refractivity contribution is 9.10. The minimum Gasteiger partial charge on any atom is -0.348 e. The van der Waals surface area contributed by atoms with E-state index in [1.54, 1.807) is 6.33 Å². The van der Waals surface area contributed by atoms with Crippen LogP contribution in [-0.2, 0) is 0 Å². The van der Waals surface area contributed by atoms with Crippen LogP contribution in [0.1, 0.15) is 35.2 Å². The van der Waals surface area contributed by atoms with Gasteiger partial charge in [0, 0.05) is 4.47 Å². The number of fused-ring (bicyclic) bond motifs is 1. The summed E-state index contributed by atoms with van der Waals surface area (Å²) in [4.78, 5) is 4.38. The molecule has 2 atom stereocenters. The molecule has 1 aromatic heterocycles. The van der Waals surface area contributed by atoms with E-state index in [0.717, 1.165) is 16.8 Å². The van der Waals surface area contributed by atoms with E-state index in [1.807, 2.05) is 4.68 Å². The number of anilines is 1. The molecule has 23 heavy (non-hydrogen) atoms. The van der Waals surface area contributed by atoms with Gasteiger partial charge in [-0.1, -0.05) is 57.9 Å². The molecule has 116 valence electrons. The number of rotatable bonds is 2. The lowest BCUT2D eigenvalue weighted by Crippen LogP contribution is -2.28. The summed E-state index contributed by atoms with van der Waals surface area (Å²) < 4.78 is 3.08. The van der Waals surface area contributed by atoms with Gasteiger partial charge in [-0.15, -0.1) is 0 Å². The van der Waals surface area contributed by atoms with Crippen LogP contribution in [-0.4, -0.2) is 14.8 Å². The van der Waals surface area contributed by atoms with Crippen molar-refractivity contribution in [1.29, 1.82) is 0 Å². The fraction of sp³-hybridized carbons (Fsp3) is 0.222. The smallest absolute Gasteiger partial charge is 0.222 e. The Kier molecular flexibility index (Phi) is 3.65. The predicted octanol–water partition coefficient (Wildman–Crippen LogP) is 4.50. The molecule has 0 spiro atoms. The van der Waals surface area contributed by atoms with Crippen LogP contribution in [0.3, 0.4) is 0 Å². The zero-order chi connectivity index (χ0) is 15.8. The zero-order valence-electron chi connectivity index (χ0n) is 12.8. The Labute approximate surface area is 143 Å². The Morgan fingerprint density at radius 3 is 2.74 bits per heavy atom. The third-order valence-electron chi connectivity index (χ3n) is 4.33. The molecular formula is C18H17BrN4. The lowest BCUT2D eigenvalue weighted by atomic mass is 9.93. The first-order chi connectivity index (χ1) is 11.2. The summed E-state index contributed by atoms with van der Waals surface area (Å²) >= 11 is 3.50. The molecule has 1 N–H and O–H groups in total. The molecule has 0 unspecified atom stereocenters. The molecule has 1 aliphatic heterocycles. The molecule has 2 heterocycles. The van der Waals surface area contributed by atoms with Gasteiger partial charge in [-0.25, -0.2) is 4.68 Å². The molecule has 1 aliphatic rings.